The number of hydrogen-bond acceptors (Lipinski definition) is 8. The summed E-state index contributed by atoms with van der Waals surface area (Å²) < 4.78 is 2.24. The third-order valence-corrected chi connectivity index (χ3v) is 7.86. The number of benzene rings is 1. The van der Waals surface area contributed by atoms with Crippen LogP contribution in [0.5, 0.6) is 0 Å². The van der Waals surface area contributed by atoms with Crippen molar-refractivity contribution < 1.29 is 15.1 Å². The summed E-state index contributed by atoms with van der Waals surface area (Å²) in [7, 11) is 0. The predicted octanol–water partition coefficient (Wildman–Crippen LogP) is 3.67. The van der Waals surface area contributed by atoms with Crippen LogP contribution in [0.2, 0.25) is 0 Å². The number of nitrogens with zero attached hydrogens (tertiary/aromatic N) is 5. The molecule has 1 aliphatic carbocycles. The molecule has 4 N–H and O–H groups in total. The molecule has 2 fully saturated rings. The lowest BCUT2D eigenvalue weighted by Crippen LogP contribution is -2.44. The highest BCUT2D eigenvalue weighted by atomic mass is 16.6. The minimum absolute atomic E-state index is 0.0774. The number of anilines is 2. The van der Waals surface area contributed by atoms with E-state index in [0.717, 1.165) is 23.9 Å². The van der Waals surface area contributed by atoms with Crippen LogP contribution in [0.25, 0.3) is 22.2 Å². The van der Waals surface area contributed by atoms with Gasteiger partial charge in [0.15, 0.2) is 0 Å². The van der Waals surface area contributed by atoms with E-state index in [2.05, 4.69) is 14.5 Å². The Labute approximate surface area is 203 Å². The monoisotopic (exact) mass is 480 g/mol. The van der Waals surface area contributed by atoms with Crippen molar-refractivity contribution in [3.63, 3.8) is 0 Å². The van der Waals surface area contributed by atoms with Crippen LogP contribution >= 0.6 is 0 Å². The zero-order valence-corrected chi connectivity index (χ0v) is 19.8. The number of aliphatic hydroxyl groups is 2. The van der Waals surface area contributed by atoms with Gasteiger partial charge in [-0.25, -0.2) is 9.97 Å². The molecule has 0 amide bonds. The molecule has 2 aromatic heterocycles. The summed E-state index contributed by atoms with van der Waals surface area (Å²) in [5, 5.41) is 31.4. The van der Waals surface area contributed by atoms with Gasteiger partial charge in [0.05, 0.1) is 41.1 Å². The molecule has 1 aliphatic heterocycles. The maximum atomic E-state index is 11.9. The zero-order chi connectivity index (χ0) is 24.6. The lowest BCUT2D eigenvalue weighted by atomic mass is 9.80. The molecule has 0 bridgehead atoms. The summed E-state index contributed by atoms with van der Waals surface area (Å²) >= 11 is 0. The van der Waals surface area contributed by atoms with Crippen molar-refractivity contribution >= 4 is 28.4 Å². The van der Waals surface area contributed by atoms with Crippen molar-refractivity contribution in [1.82, 2.24) is 14.5 Å². The average Bonchev–Trinajstić information content (AvgIpc) is 3.32. The van der Waals surface area contributed by atoms with Crippen molar-refractivity contribution in [2.75, 3.05) is 36.9 Å². The fraction of sp³-hybridized carbons (Fsp3) is 0.520. The lowest BCUT2D eigenvalue weighted by molar-refractivity contribution is -0.383. The highest BCUT2D eigenvalue weighted by Crippen LogP contribution is 2.40. The van der Waals surface area contributed by atoms with Crippen molar-refractivity contribution in [2.45, 2.75) is 51.0 Å². The molecule has 0 radical (unpaired) electrons. The smallest absolute Gasteiger partial charge is 0.319 e. The number of aromatic nitrogens is 3. The number of aliphatic hydroxyl groups excluding tert-OH is 2. The lowest BCUT2D eigenvalue weighted by Gasteiger charge is -2.40. The SMILES string of the molecule is Nc1nc(N2CCC(CO)(CO)CC2)cc(-c2ccc3c(c2)ncn3C2CCCCC2)c1[N+](=O)[O-]. The van der Waals surface area contributed by atoms with Gasteiger partial charge in [-0.3, -0.25) is 10.1 Å². The first-order valence-electron chi connectivity index (χ1n) is 12.3. The third kappa shape index (κ3) is 4.32. The second-order valence-electron chi connectivity index (χ2n) is 9.97. The standard InChI is InChI=1S/C25H32N6O4/c26-24-23(31(34)35)19(13-22(28-24)29-10-8-25(14-32,15-33)9-11-29)17-6-7-21-20(12-17)27-16-30(21)18-4-2-1-3-5-18/h6-7,12-13,16,18,32-33H,1-5,8-11,14-15H2,(H2,26,28). The van der Waals surface area contributed by atoms with Crippen molar-refractivity contribution in [3.8, 4) is 11.1 Å². The van der Waals surface area contributed by atoms with Crippen LogP contribution in [-0.2, 0) is 0 Å². The van der Waals surface area contributed by atoms with E-state index in [1.54, 1.807) is 6.07 Å². The number of hydrogen-bond donors (Lipinski definition) is 3. The fourth-order valence-corrected chi connectivity index (χ4v) is 5.54. The van der Waals surface area contributed by atoms with Crippen LogP contribution in [-0.4, -0.2) is 56.0 Å². The Hall–Kier alpha value is -3.24. The van der Waals surface area contributed by atoms with Crippen LogP contribution < -0.4 is 10.6 Å². The van der Waals surface area contributed by atoms with Crippen LogP contribution in [0.15, 0.2) is 30.6 Å². The number of piperidine rings is 1. The maximum Gasteiger partial charge on any atom is 0.319 e. The van der Waals surface area contributed by atoms with Gasteiger partial charge in [-0.05, 0) is 49.4 Å². The van der Waals surface area contributed by atoms with E-state index in [9.17, 15) is 20.3 Å². The fourth-order valence-electron chi connectivity index (χ4n) is 5.54. The van der Waals surface area contributed by atoms with Gasteiger partial charge in [0.1, 0.15) is 5.82 Å². The number of imidazole rings is 1. The molecule has 10 heteroatoms. The summed E-state index contributed by atoms with van der Waals surface area (Å²) in [6.07, 6.45) is 9.09. The Kier molecular flexibility index (Phi) is 6.33. The van der Waals surface area contributed by atoms with E-state index in [0.29, 0.717) is 48.9 Å². The van der Waals surface area contributed by atoms with Crippen molar-refractivity contribution in [2.24, 2.45) is 5.41 Å². The number of rotatable bonds is 6. The Balaban J connectivity index is 1.51. The third-order valence-electron chi connectivity index (χ3n) is 7.86. The topological polar surface area (TPSA) is 144 Å². The van der Waals surface area contributed by atoms with E-state index >= 15 is 0 Å². The molecule has 35 heavy (non-hydrogen) atoms. The van der Waals surface area contributed by atoms with Crippen LogP contribution in [0.4, 0.5) is 17.3 Å². The predicted molar refractivity (Wildman–Crippen MR) is 134 cm³/mol. The largest absolute Gasteiger partial charge is 0.396 e. The molecule has 0 atom stereocenters. The molecule has 0 unspecified atom stereocenters. The first kappa shape index (κ1) is 23.5. The quantitative estimate of drug-likeness (QED) is 0.358. The number of pyridine rings is 1. The Morgan fingerprint density at radius 3 is 2.49 bits per heavy atom. The molecular formula is C25H32N6O4. The molecule has 5 rings (SSSR count). The molecule has 3 heterocycles. The maximum absolute atomic E-state index is 11.9. The second kappa shape index (κ2) is 9.43. The van der Waals surface area contributed by atoms with Crippen LogP contribution in [0, 0.1) is 15.5 Å². The minimum Gasteiger partial charge on any atom is -0.396 e. The Morgan fingerprint density at radius 2 is 1.83 bits per heavy atom. The Morgan fingerprint density at radius 1 is 1.11 bits per heavy atom. The number of fused-ring (bicyclic) bond motifs is 1. The highest BCUT2D eigenvalue weighted by molar-refractivity contribution is 5.88. The van der Waals surface area contributed by atoms with Gasteiger partial charge in [-0.15, -0.1) is 0 Å². The minimum atomic E-state index is -0.506. The first-order chi connectivity index (χ1) is 16.9. The van der Waals surface area contributed by atoms with Gasteiger partial charge in [0.25, 0.3) is 0 Å². The van der Waals surface area contributed by atoms with Gasteiger partial charge in [0, 0.05) is 24.5 Å². The Bertz CT molecular complexity index is 1220. The van der Waals surface area contributed by atoms with E-state index < -0.39 is 10.3 Å². The summed E-state index contributed by atoms with van der Waals surface area (Å²) in [5.41, 5.74) is 8.30. The molecular weight excluding hydrogens is 448 g/mol. The molecule has 1 aromatic carbocycles. The number of nitro groups is 1. The van der Waals surface area contributed by atoms with E-state index in [4.69, 9.17) is 5.73 Å². The van der Waals surface area contributed by atoms with Gasteiger partial charge in [-0.1, -0.05) is 25.3 Å². The molecule has 0 spiro atoms. The van der Waals surface area contributed by atoms with Gasteiger partial charge in [0.2, 0.25) is 5.82 Å². The zero-order valence-electron chi connectivity index (χ0n) is 19.8. The van der Waals surface area contributed by atoms with E-state index in [1.807, 2.05) is 29.4 Å². The molecule has 186 valence electrons. The summed E-state index contributed by atoms with van der Waals surface area (Å²) in [4.78, 5) is 22.4. The average molecular weight is 481 g/mol. The van der Waals surface area contributed by atoms with Gasteiger partial charge >= 0.3 is 5.69 Å². The summed E-state index contributed by atoms with van der Waals surface area (Å²) in [6.45, 7) is 0.975. The number of nitrogen functional groups attached to an aromatic ring is 1. The molecule has 1 saturated heterocycles. The molecule has 1 saturated carbocycles. The van der Waals surface area contributed by atoms with Crippen molar-refractivity contribution in [1.29, 1.82) is 0 Å². The molecule has 10 nitrogen and oxygen atoms in total. The van der Waals surface area contributed by atoms with Crippen LogP contribution in [0.1, 0.15) is 51.0 Å². The summed E-state index contributed by atoms with van der Waals surface area (Å²) in [5.74, 6) is 0.428. The van der Waals surface area contributed by atoms with Crippen LogP contribution in [0.3, 0.4) is 0 Å². The van der Waals surface area contributed by atoms with E-state index in [-0.39, 0.29) is 24.7 Å². The normalized spacial score (nSPS) is 18.7. The number of nitrogens with two attached hydrogens (primary N) is 1. The second-order valence-corrected chi connectivity index (χ2v) is 9.97. The molecule has 3 aromatic rings. The van der Waals surface area contributed by atoms with E-state index in [1.165, 1.54) is 19.3 Å². The summed E-state index contributed by atoms with van der Waals surface area (Å²) in [6, 6.07) is 7.94. The van der Waals surface area contributed by atoms with Gasteiger partial charge in [-0.2, -0.15) is 0 Å². The van der Waals surface area contributed by atoms with Crippen molar-refractivity contribution in [3.05, 3.63) is 40.7 Å². The van der Waals surface area contributed by atoms with Gasteiger partial charge < -0.3 is 25.4 Å². The first-order valence-corrected chi connectivity index (χ1v) is 12.3. The highest BCUT2D eigenvalue weighted by Gasteiger charge is 2.35. The molecule has 2 aliphatic rings.